The maximum Gasteiger partial charge on any atom is 0.108 e. The van der Waals surface area contributed by atoms with Gasteiger partial charge >= 0.3 is 0 Å². The van der Waals surface area contributed by atoms with Crippen molar-refractivity contribution in [2.24, 2.45) is 0 Å². The number of aryl methyl sites for hydroxylation is 1. The normalized spacial score (nSPS) is 24.4. The first-order valence-corrected chi connectivity index (χ1v) is 6.89. The van der Waals surface area contributed by atoms with Crippen LogP contribution in [0.15, 0.2) is 18.2 Å². The van der Waals surface area contributed by atoms with Gasteiger partial charge in [0.05, 0.1) is 10.7 Å². The summed E-state index contributed by atoms with van der Waals surface area (Å²) < 4.78 is -0.0872. The summed E-state index contributed by atoms with van der Waals surface area (Å²) in [6, 6.07) is 6.19. The molecule has 2 rings (SSSR count). The third-order valence-electron chi connectivity index (χ3n) is 2.92. The Morgan fingerprint density at radius 1 is 1.56 bits per heavy atom. The average molecular weight is 252 g/mol. The number of thioether (sulfide) groups is 1. The molecule has 2 nitrogen and oxygen atoms in total. The fraction of sp³-hybridized carbons (Fsp3) is 0.500. The number of likely N-dealkylation sites (N-methyl/N-ethyl adjacent to an activating group) is 1. The molecule has 86 valence electrons. The van der Waals surface area contributed by atoms with Crippen molar-refractivity contribution in [3.8, 4) is 0 Å². The zero-order valence-electron chi connectivity index (χ0n) is 9.62. The van der Waals surface area contributed by atoms with E-state index in [-0.39, 0.29) is 4.75 Å². The van der Waals surface area contributed by atoms with Crippen LogP contribution in [0.1, 0.15) is 24.2 Å². The van der Waals surface area contributed by atoms with Crippen LogP contribution >= 0.6 is 24.0 Å². The molecule has 1 N–H and O–H groups in total. The van der Waals surface area contributed by atoms with E-state index in [4.69, 9.17) is 12.2 Å². The predicted molar refractivity (Wildman–Crippen MR) is 74.0 cm³/mol. The standard InChI is InChI=1S/C12H16N2S2/c1-9-5-3-6-10(14-9)12(11(15)13-2)7-4-8-16-12/h3,5-6H,4,7-8H2,1-2H3,(H,13,15)/t12-/m1/s1. The second kappa shape index (κ2) is 4.72. The molecule has 0 spiro atoms. The summed E-state index contributed by atoms with van der Waals surface area (Å²) in [5.74, 6) is 1.16. The predicted octanol–water partition coefficient (Wildman–Crippen LogP) is 2.66. The molecule has 1 aromatic rings. The van der Waals surface area contributed by atoms with E-state index in [1.54, 1.807) is 0 Å². The Hall–Kier alpha value is -0.610. The van der Waals surface area contributed by atoms with E-state index in [0.29, 0.717) is 0 Å². The van der Waals surface area contributed by atoms with Gasteiger partial charge in [-0.25, -0.2) is 0 Å². The van der Waals surface area contributed by atoms with Crippen molar-refractivity contribution in [3.63, 3.8) is 0 Å². The third kappa shape index (κ3) is 1.96. The molecule has 1 fully saturated rings. The molecule has 0 aliphatic carbocycles. The highest BCUT2D eigenvalue weighted by molar-refractivity contribution is 8.02. The number of nitrogens with zero attached hydrogens (tertiary/aromatic N) is 1. The molecule has 0 amide bonds. The molecular weight excluding hydrogens is 236 g/mol. The van der Waals surface area contributed by atoms with Gasteiger partial charge in [-0.15, -0.1) is 11.8 Å². The molecule has 1 saturated heterocycles. The minimum atomic E-state index is -0.0872. The molecule has 0 radical (unpaired) electrons. The zero-order chi connectivity index (χ0) is 11.6. The smallest absolute Gasteiger partial charge is 0.108 e. The van der Waals surface area contributed by atoms with Gasteiger partial charge in [-0.05, 0) is 37.7 Å². The minimum Gasteiger partial charge on any atom is -0.381 e. The van der Waals surface area contributed by atoms with Crippen molar-refractivity contribution >= 4 is 29.0 Å². The number of rotatable bonds is 2. The van der Waals surface area contributed by atoms with Crippen LogP contribution in [0.3, 0.4) is 0 Å². The summed E-state index contributed by atoms with van der Waals surface area (Å²) >= 11 is 7.40. The van der Waals surface area contributed by atoms with Gasteiger partial charge in [-0.3, -0.25) is 4.98 Å². The second-order valence-corrected chi connectivity index (χ2v) is 5.82. The Balaban J connectivity index is 2.43. The minimum absolute atomic E-state index is 0.0872. The largest absolute Gasteiger partial charge is 0.381 e. The zero-order valence-corrected chi connectivity index (χ0v) is 11.3. The highest BCUT2D eigenvalue weighted by atomic mass is 32.2. The lowest BCUT2D eigenvalue weighted by Crippen LogP contribution is -2.37. The van der Waals surface area contributed by atoms with Crippen molar-refractivity contribution in [1.29, 1.82) is 0 Å². The van der Waals surface area contributed by atoms with Crippen LogP contribution < -0.4 is 5.32 Å². The molecule has 0 unspecified atom stereocenters. The lowest BCUT2D eigenvalue weighted by atomic mass is 9.98. The molecule has 16 heavy (non-hydrogen) atoms. The van der Waals surface area contributed by atoms with Crippen LogP contribution in [0.5, 0.6) is 0 Å². The lowest BCUT2D eigenvalue weighted by Gasteiger charge is -2.28. The van der Waals surface area contributed by atoms with Crippen LogP contribution in [0.2, 0.25) is 0 Å². The SMILES string of the molecule is CNC(=S)[C@]1(c2cccc(C)n2)CCCS1. The quantitative estimate of drug-likeness (QED) is 0.818. The van der Waals surface area contributed by atoms with Gasteiger partial charge in [0.25, 0.3) is 0 Å². The second-order valence-electron chi connectivity index (χ2n) is 4.02. The van der Waals surface area contributed by atoms with Crippen LogP contribution in [0.25, 0.3) is 0 Å². The Morgan fingerprint density at radius 2 is 2.38 bits per heavy atom. The van der Waals surface area contributed by atoms with Crippen molar-refractivity contribution in [3.05, 3.63) is 29.6 Å². The molecule has 1 aliphatic rings. The Morgan fingerprint density at radius 3 is 2.94 bits per heavy atom. The van der Waals surface area contributed by atoms with Crippen LogP contribution in [0, 0.1) is 6.92 Å². The number of nitrogens with one attached hydrogen (secondary N) is 1. The van der Waals surface area contributed by atoms with E-state index in [2.05, 4.69) is 22.4 Å². The van der Waals surface area contributed by atoms with E-state index >= 15 is 0 Å². The summed E-state index contributed by atoms with van der Waals surface area (Å²) in [5, 5.41) is 3.14. The van der Waals surface area contributed by atoms with Gasteiger partial charge < -0.3 is 5.32 Å². The van der Waals surface area contributed by atoms with Crippen molar-refractivity contribution in [2.75, 3.05) is 12.8 Å². The Bertz CT molecular complexity index is 398. The van der Waals surface area contributed by atoms with E-state index < -0.39 is 0 Å². The summed E-state index contributed by atoms with van der Waals surface area (Å²) in [5.41, 5.74) is 2.16. The first-order chi connectivity index (χ1) is 7.69. The highest BCUT2D eigenvalue weighted by Crippen LogP contribution is 2.46. The number of thiocarbonyl (C=S) groups is 1. The van der Waals surface area contributed by atoms with Gasteiger partial charge in [-0.2, -0.15) is 0 Å². The van der Waals surface area contributed by atoms with E-state index in [0.717, 1.165) is 28.6 Å². The topological polar surface area (TPSA) is 24.9 Å². The van der Waals surface area contributed by atoms with Crippen LogP contribution in [0.4, 0.5) is 0 Å². The van der Waals surface area contributed by atoms with E-state index in [9.17, 15) is 0 Å². The molecule has 2 heterocycles. The molecule has 0 aromatic carbocycles. The maximum atomic E-state index is 5.48. The van der Waals surface area contributed by atoms with Gasteiger partial charge in [-0.1, -0.05) is 18.3 Å². The monoisotopic (exact) mass is 252 g/mol. The lowest BCUT2D eigenvalue weighted by molar-refractivity contribution is 0.708. The van der Waals surface area contributed by atoms with E-state index in [1.807, 2.05) is 31.8 Å². The Labute approximate surface area is 106 Å². The fourth-order valence-electron chi connectivity index (χ4n) is 2.11. The summed E-state index contributed by atoms with van der Waals surface area (Å²) in [7, 11) is 1.90. The van der Waals surface area contributed by atoms with Crippen LogP contribution in [-0.4, -0.2) is 22.8 Å². The third-order valence-corrected chi connectivity index (χ3v) is 5.20. The molecule has 0 saturated carbocycles. The number of hydrogen-bond acceptors (Lipinski definition) is 3. The van der Waals surface area contributed by atoms with E-state index in [1.165, 1.54) is 6.42 Å². The molecule has 1 aliphatic heterocycles. The van der Waals surface area contributed by atoms with Gasteiger partial charge in [0.15, 0.2) is 0 Å². The highest BCUT2D eigenvalue weighted by Gasteiger charge is 2.41. The number of aromatic nitrogens is 1. The molecule has 4 heteroatoms. The average Bonchev–Trinajstić information content (AvgIpc) is 2.78. The van der Waals surface area contributed by atoms with Crippen molar-refractivity contribution < 1.29 is 0 Å². The van der Waals surface area contributed by atoms with Gasteiger partial charge in [0.1, 0.15) is 4.75 Å². The summed E-state index contributed by atoms with van der Waals surface area (Å²) in [6.45, 7) is 2.03. The van der Waals surface area contributed by atoms with Crippen molar-refractivity contribution in [2.45, 2.75) is 24.5 Å². The summed E-state index contributed by atoms with van der Waals surface area (Å²) in [6.07, 6.45) is 2.30. The van der Waals surface area contributed by atoms with Gasteiger partial charge in [0, 0.05) is 12.7 Å². The molecule has 1 atom stereocenters. The summed E-state index contributed by atoms with van der Waals surface area (Å²) in [4.78, 5) is 5.56. The first kappa shape index (κ1) is 11.9. The Kier molecular flexibility index (Phi) is 3.50. The maximum absolute atomic E-state index is 5.48. The fourth-order valence-corrected chi connectivity index (χ4v) is 3.91. The molecule has 0 bridgehead atoms. The molecular formula is C12H16N2S2. The van der Waals surface area contributed by atoms with Crippen LogP contribution in [-0.2, 0) is 4.75 Å². The van der Waals surface area contributed by atoms with Crippen molar-refractivity contribution in [1.82, 2.24) is 10.3 Å². The number of hydrogen-bond donors (Lipinski definition) is 1. The number of pyridine rings is 1. The first-order valence-electron chi connectivity index (χ1n) is 5.49. The molecule has 1 aromatic heterocycles. The van der Waals surface area contributed by atoms with Gasteiger partial charge in [0.2, 0.25) is 0 Å².